The van der Waals surface area contributed by atoms with Crippen LogP contribution in [-0.2, 0) is 42.2 Å². The molecular weight excluding hydrogens is 1050 g/mol. The maximum Gasteiger partial charge on any atom is 0.472 e. The van der Waals surface area contributed by atoms with Crippen molar-refractivity contribution in [2.75, 3.05) is 26.4 Å². The first-order chi connectivity index (χ1) is 40.2. The van der Waals surface area contributed by atoms with Gasteiger partial charge in [0.25, 0.3) is 0 Å². The zero-order valence-corrected chi connectivity index (χ0v) is 55.4. The molecule has 0 aliphatic rings. The number of unbranched alkanes of at least 4 members (excludes halogenated alkanes) is 52. The second-order valence-electron chi connectivity index (χ2n) is 24.8. The van der Waals surface area contributed by atoms with Gasteiger partial charge in [-0.1, -0.05) is 355 Å². The Morgan fingerprint density at radius 2 is 0.488 bits per heavy atom. The lowest BCUT2D eigenvalue weighted by atomic mass is 10.0. The number of aliphatic hydroxyl groups is 1. The lowest BCUT2D eigenvalue weighted by molar-refractivity contribution is -0.161. The molecule has 488 valence electrons. The lowest BCUT2D eigenvalue weighted by Gasteiger charge is -2.21. The van der Waals surface area contributed by atoms with Crippen molar-refractivity contribution in [2.24, 2.45) is 0 Å². The normalized spacial score (nSPS) is 13.1. The monoisotopic (exact) mass is 1180 g/mol. The minimum Gasteiger partial charge on any atom is -0.462 e. The number of rotatable bonds is 69. The van der Waals surface area contributed by atoms with E-state index in [-0.39, 0.29) is 25.9 Å². The van der Waals surface area contributed by atoms with Crippen LogP contribution in [0.25, 0.3) is 0 Å². The number of phosphoric acid groups is 1. The summed E-state index contributed by atoms with van der Waals surface area (Å²) < 4.78 is 39.9. The zero-order chi connectivity index (χ0) is 59.8. The summed E-state index contributed by atoms with van der Waals surface area (Å²) in [5.74, 6) is -1.41. The van der Waals surface area contributed by atoms with Gasteiger partial charge < -0.3 is 24.2 Å². The summed E-state index contributed by atoms with van der Waals surface area (Å²) in [6.07, 6.45) is 67.7. The van der Waals surface area contributed by atoms with Gasteiger partial charge in [-0.15, -0.1) is 0 Å². The van der Waals surface area contributed by atoms with Crippen molar-refractivity contribution < 1.29 is 52.2 Å². The van der Waals surface area contributed by atoms with E-state index in [9.17, 15) is 28.9 Å². The van der Waals surface area contributed by atoms with Gasteiger partial charge in [0, 0.05) is 19.3 Å². The van der Waals surface area contributed by atoms with E-state index >= 15 is 0 Å². The molecule has 11 nitrogen and oxygen atoms in total. The first-order valence-electron chi connectivity index (χ1n) is 35.9. The fourth-order valence-electron chi connectivity index (χ4n) is 11.1. The van der Waals surface area contributed by atoms with Gasteiger partial charge in [0.2, 0.25) is 0 Å². The molecule has 82 heavy (non-hydrogen) atoms. The van der Waals surface area contributed by atoms with Crippen LogP contribution < -0.4 is 0 Å². The number of hydrogen-bond donors (Lipinski definition) is 2. The fourth-order valence-corrected chi connectivity index (χ4v) is 11.9. The van der Waals surface area contributed by atoms with Crippen LogP contribution in [0.5, 0.6) is 0 Å². The molecule has 0 saturated carbocycles. The summed E-state index contributed by atoms with van der Waals surface area (Å²) in [5, 5.41) is 9.88. The number of hydrogen-bond acceptors (Lipinski definition) is 10. The number of esters is 3. The molecule has 0 rings (SSSR count). The second-order valence-corrected chi connectivity index (χ2v) is 26.2. The Labute approximate surface area is 507 Å². The summed E-state index contributed by atoms with van der Waals surface area (Å²) in [4.78, 5) is 48.9. The first-order valence-corrected chi connectivity index (χ1v) is 37.4. The summed E-state index contributed by atoms with van der Waals surface area (Å²) in [5.41, 5.74) is 0. The Morgan fingerprint density at radius 1 is 0.293 bits per heavy atom. The Bertz CT molecular complexity index is 1380. The molecule has 2 N–H and O–H groups in total. The summed E-state index contributed by atoms with van der Waals surface area (Å²) in [6, 6.07) is 0. The number of phosphoric ester groups is 1. The number of aliphatic hydroxyl groups excluding tert-OH is 1. The van der Waals surface area contributed by atoms with Gasteiger partial charge >= 0.3 is 25.7 Å². The first kappa shape index (κ1) is 80.5. The molecule has 12 heteroatoms. The van der Waals surface area contributed by atoms with Crippen molar-refractivity contribution in [3.8, 4) is 0 Å². The zero-order valence-electron chi connectivity index (χ0n) is 54.5. The van der Waals surface area contributed by atoms with E-state index in [0.29, 0.717) is 19.3 Å². The average molecular weight is 1190 g/mol. The predicted octanol–water partition coefficient (Wildman–Crippen LogP) is 22.2. The maximum absolute atomic E-state index is 13.0. The Hall–Kier alpha value is -1.52. The van der Waals surface area contributed by atoms with Gasteiger partial charge in [0.15, 0.2) is 6.10 Å². The van der Waals surface area contributed by atoms with E-state index in [0.717, 1.165) is 57.8 Å². The molecule has 0 radical (unpaired) electrons. The standard InChI is InChI=1S/C70H137O11P/c1-4-7-10-13-16-19-22-25-28-31-33-36-38-41-44-47-50-53-56-59-68(72)77-63-67(81-70(74)61-58-55-52-49-46-43-40-37-34-32-29-26-23-20-17-14-11-8-5-2)65-79-82(75,76)78-64-66(62-71)80-69(73)60-57-54-51-48-45-42-39-35-30-27-24-21-18-15-12-9-6-3/h66-67,71H,4-65H2,1-3H3,(H,75,76). The Morgan fingerprint density at radius 3 is 0.720 bits per heavy atom. The van der Waals surface area contributed by atoms with Crippen LogP contribution in [0.2, 0.25) is 0 Å². The van der Waals surface area contributed by atoms with Crippen LogP contribution in [0.15, 0.2) is 0 Å². The minimum atomic E-state index is -4.75. The molecule has 0 spiro atoms. The Balaban J connectivity index is 4.59. The van der Waals surface area contributed by atoms with Crippen molar-refractivity contribution in [1.82, 2.24) is 0 Å². The maximum atomic E-state index is 13.0. The quantitative estimate of drug-likeness (QED) is 0.0259. The van der Waals surface area contributed by atoms with Crippen LogP contribution in [0.4, 0.5) is 0 Å². The highest BCUT2D eigenvalue weighted by Gasteiger charge is 2.28. The van der Waals surface area contributed by atoms with Gasteiger partial charge in [-0.3, -0.25) is 23.4 Å². The second kappa shape index (κ2) is 65.5. The molecule has 0 aromatic rings. The highest BCUT2D eigenvalue weighted by Crippen LogP contribution is 2.43. The molecule has 0 aromatic carbocycles. The number of carbonyl (C=O) groups is 3. The summed E-state index contributed by atoms with van der Waals surface area (Å²) in [7, 11) is -4.75. The van der Waals surface area contributed by atoms with E-state index in [1.54, 1.807) is 0 Å². The molecule has 0 heterocycles. The molecule has 0 saturated heterocycles. The topological polar surface area (TPSA) is 155 Å². The summed E-state index contributed by atoms with van der Waals surface area (Å²) >= 11 is 0. The largest absolute Gasteiger partial charge is 0.472 e. The number of ether oxygens (including phenoxy) is 3. The third kappa shape index (κ3) is 63.0. The molecular formula is C70H137O11P. The van der Waals surface area contributed by atoms with E-state index in [2.05, 4.69) is 20.8 Å². The van der Waals surface area contributed by atoms with Gasteiger partial charge in [-0.2, -0.15) is 0 Å². The van der Waals surface area contributed by atoms with Crippen LogP contribution >= 0.6 is 7.82 Å². The molecule has 0 aliphatic heterocycles. The smallest absolute Gasteiger partial charge is 0.462 e. The lowest BCUT2D eigenvalue weighted by Crippen LogP contribution is -2.30. The predicted molar refractivity (Wildman–Crippen MR) is 344 cm³/mol. The van der Waals surface area contributed by atoms with Crippen LogP contribution in [-0.4, -0.2) is 66.5 Å². The minimum absolute atomic E-state index is 0.180. The van der Waals surface area contributed by atoms with Crippen molar-refractivity contribution >= 4 is 25.7 Å². The van der Waals surface area contributed by atoms with Gasteiger partial charge in [0.05, 0.1) is 19.8 Å². The molecule has 0 aromatic heterocycles. The van der Waals surface area contributed by atoms with Crippen LogP contribution in [0.1, 0.15) is 393 Å². The van der Waals surface area contributed by atoms with Crippen molar-refractivity contribution in [2.45, 2.75) is 405 Å². The van der Waals surface area contributed by atoms with Crippen LogP contribution in [0, 0.1) is 0 Å². The third-order valence-electron chi connectivity index (χ3n) is 16.5. The van der Waals surface area contributed by atoms with E-state index in [4.69, 9.17) is 23.3 Å². The average Bonchev–Trinajstić information content (AvgIpc) is 3.47. The number of carbonyl (C=O) groups excluding carboxylic acids is 3. The van der Waals surface area contributed by atoms with E-state index < -0.39 is 57.8 Å². The van der Waals surface area contributed by atoms with Crippen molar-refractivity contribution in [3.63, 3.8) is 0 Å². The molecule has 0 fully saturated rings. The fraction of sp³-hybridized carbons (Fsp3) is 0.957. The van der Waals surface area contributed by atoms with E-state index in [1.165, 1.54) is 276 Å². The SMILES string of the molecule is CCCCCCCCCCCCCCCCCCCCCC(=O)OCC(COP(=O)(O)OCC(CO)OC(=O)CCCCCCCCCCCCCCCCCCC)OC(=O)CCCCCCCCCCCCCCCCCCCCC. The molecule has 0 bridgehead atoms. The van der Waals surface area contributed by atoms with Crippen LogP contribution in [0.3, 0.4) is 0 Å². The van der Waals surface area contributed by atoms with E-state index in [1.807, 2.05) is 0 Å². The van der Waals surface area contributed by atoms with Gasteiger partial charge in [0.1, 0.15) is 12.7 Å². The van der Waals surface area contributed by atoms with Gasteiger partial charge in [-0.25, -0.2) is 4.57 Å². The van der Waals surface area contributed by atoms with Gasteiger partial charge in [-0.05, 0) is 19.3 Å². The van der Waals surface area contributed by atoms with Crippen molar-refractivity contribution in [3.05, 3.63) is 0 Å². The molecule has 0 amide bonds. The molecule has 3 unspecified atom stereocenters. The highest BCUT2D eigenvalue weighted by atomic mass is 31.2. The summed E-state index contributed by atoms with van der Waals surface area (Å²) in [6.45, 7) is 4.79. The molecule has 0 aliphatic carbocycles. The highest BCUT2D eigenvalue weighted by molar-refractivity contribution is 7.47. The van der Waals surface area contributed by atoms with Crippen molar-refractivity contribution in [1.29, 1.82) is 0 Å². The molecule has 3 atom stereocenters. The Kier molecular flexibility index (Phi) is 64.2. The third-order valence-corrected chi connectivity index (χ3v) is 17.5.